The monoisotopic (exact) mass is 212 g/mol. The molecule has 0 N–H and O–H groups in total. The van der Waals surface area contributed by atoms with Crippen molar-refractivity contribution in [1.29, 1.82) is 0 Å². The second-order valence-electron chi connectivity index (χ2n) is 3.06. The third-order valence-corrected chi connectivity index (χ3v) is 1.60. The van der Waals surface area contributed by atoms with Crippen molar-refractivity contribution in [3.8, 4) is 0 Å². The van der Waals surface area contributed by atoms with E-state index in [1.807, 2.05) is 6.92 Å². The Morgan fingerprint density at radius 3 is 2.43 bits per heavy atom. The summed E-state index contributed by atoms with van der Waals surface area (Å²) in [5.74, 6) is -0.0333. The quantitative estimate of drug-likeness (QED) is 0.606. The molecule has 0 bridgehead atoms. The Balaban J connectivity index is 3.32. The minimum atomic E-state index is -4.30. The summed E-state index contributed by atoms with van der Waals surface area (Å²) in [6.07, 6.45) is -2.08. The average Bonchev–Trinajstić information content (AvgIpc) is 2.07. The third kappa shape index (κ3) is 9.51. The standard InChI is InChI=1S/C9H15F3O2/c1-2-3-4-8(13)5-6-14-7-9(10,11)12/h2-7H2,1H3. The van der Waals surface area contributed by atoms with Gasteiger partial charge in [0.1, 0.15) is 12.4 Å². The second kappa shape index (κ2) is 6.81. The van der Waals surface area contributed by atoms with E-state index in [4.69, 9.17) is 0 Å². The SMILES string of the molecule is CCCCC(=O)CCOCC(F)(F)F. The highest BCUT2D eigenvalue weighted by molar-refractivity contribution is 5.78. The molecule has 0 heterocycles. The number of rotatable bonds is 7. The molecule has 14 heavy (non-hydrogen) atoms. The summed E-state index contributed by atoms with van der Waals surface area (Å²) in [4.78, 5) is 11.0. The fourth-order valence-electron chi connectivity index (χ4n) is 0.873. The molecule has 0 saturated heterocycles. The van der Waals surface area contributed by atoms with Gasteiger partial charge in [0.2, 0.25) is 0 Å². The number of carbonyl (C=O) groups excluding carboxylic acids is 1. The van der Waals surface area contributed by atoms with E-state index >= 15 is 0 Å². The molecule has 0 fully saturated rings. The van der Waals surface area contributed by atoms with Crippen LogP contribution in [0.5, 0.6) is 0 Å². The molecular weight excluding hydrogens is 197 g/mol. The van der Waals surface area contributed by atoms with E-state index in [9.17, 15) is 18.0 Å². The van der Waals surface area contributed by atoms with Crippen molar-refractivity contribution >= 4 is 5.78 Å². The summed E-state index contributed by atoms with van der Waals surface area (Å²) >= 11 is 0. The first kappa shape index (κ1) is 13.4. The minimum absolute atomic E-state index is 0.0333. The second-order valence-corrected chi connectivity index (χ2v) is 3.06. The molecule has 0 amide bonds. The first-order chi connectivity index (χ1) is 6.45. The topological polar surface area (TPSA) is 26.3 Å². The maximum atomic E-state index is 11.6. The first-order valence-corrected chi connectivity index (χ1v) is 4.62. The van der Waals surface area contributed by atoms with Crippen LogP contribution in [0.1, 0.15) is 32.6 Å². The zero-order valence-corrected chi connectivity index (χ0v) is 8.19. The summed E-state index contributed by atoms with van der Waals surface area (Å²) in [7, 11) is 0. The highest BCUT2D eigenvalue weighted by Gasteiger charge is 2.27. The van der Waals surface area contributed by atoms with Gasteiger partial charge in [-0.15, -0.1) is 0 Å². The number of ether oxygens (including phenoxy) is 1. The maximum Gasteiger partial charge on any atom is 0.411 e. The summed E-state index contributed by atoms with van der Waals surface area (Å²) in [6.45, 7) is 0.545. The Morgan fingerprint density at radius 1 is 1.29 bits per heavy atom. The van der Waals surface area contributed by atoms with Gasteiger partial charge in [-0.1, -0.05) is 13.3 Å². The van der Waals surface area contributed by atoms with Crippen LogP contribution >= 0.6 is 0 Å². The number of Topliss-reactive ketones (excluding diaryl/α,β-unsaturated/α-hetero) is 1. The van der Waals surface area contributed by atoms with E-state index in [0.29, 0.717) is 6.42 Å². The molecule has 2 nitrogen and oxygen atoms in total. The fourth-order valence-corrected chi connectivity index (χ4v) is 0.873. The minimum Gasteiger partial charge on any atom is -0.372 e. The number of ketones is 1. The van der Waals surface area contributed by atoms with E-state index in [-0.39, 0.29) is 18.8 Å². The normalized spacial score (nSPS) is 11.7. The highest BCUT2D eigenvalue weighted by atomic mass is 19.4. The summed E-state index contributed by atoms with van der Waals surface area (Å²) in [6, 6.07) is 0. The molecule has 0 aliphatic carbocycles. The van der Waals surface area contributed by atoms with Crippen LogP contribution in [0.15, 0.2) is 0 Å². The largest absolute Gasteiger partial charge is 0.411 e. The molecular formula is C9H15F3O2. The Morgan fingerprint density at radius 2 is 1.93 bits per heavy atom. The van der Waals surface area contributed by atoms with Gasteiger partial charge in [-0.3, -0.25) is 4.79 Å². The first-order valence-electron chi connectivity index (χ1n) is 4.62. The summed E-state index contributed by atoms with van der Waals surface area (Å²) in [5.41, 5.74) is 0. The van der Waals surface area contributed by atoms with E-state index < -0.39 is 12.8 Å². The van der Waals surface area contributed by atoms with Crippen molar-refractivity contribution in [2.24, 2.45) is 0 Å². The van der Waals surface area contributed by atoms with Crippen LogP contribution in [-0.4, -0.2) is 25.2 Å². The molecule has 0 rings (SSSR count). The molecule has 0 atom stereocenters. The van der Waals surface area contributed by atoms with Crippen molar-refractivity contribution in [2.75, 3.05) is 13.2 Å². The van der Waals surface area contributed by atoms with Gasteiger partial charge in [-0.2, -0.15) is 13.2 Å². The lowest BCUT2D eigenvalue weighted by Crippen LogP contribution is -2.18. The zero-order chi connectivity index (χ0) is 11.0. The molecule has 5 heteroatoms. The van der Waals surface area contributed by atoms with Crippen LogP contribution in [0.3, 0.4) is 0 Å². The lowest BCUT2D eigenvalue weighted by Gasteiger charge is -2.06. The van der Waals surface area contributed by atoms with Gasteiger partial charge in [0.05, 0.1) is 6.61 Å². The molecule has 0 saturated carbocycles. The molecule has 0 spiro atoms. The van der Waals surface area contributed by atoms with E-state index in [1.54, 1.807) is 0 Å². The Kier molecular flexibility index (Phi) is 6.53. The van der Waals surface area contributed by atoms with Crippen LogP contribution in [0, 0.1) is 0 Å². The summed E-state index contributed by atoms with van der Waals surface area (Å²) < 4.78 is 39.0. The Bertz CT molecular complexity index is 166. The number of hydrogen-bond acceptors (Lipinski definition) is 2. The lowest BCUT2D eigenvalue weighted by molar-refractivity contribution is -0.174. The fraction of sp³-hybridized carbons (Fsp3) is 0.889. The van der Waals surface area contributed by atoms with Crippen molar-refractivity contribution in [3.05, 3.63) is 0 Å². The lowest BCUT2D eigenvalue weighted by atomic mass is 10.1. The predicted octanol–water partition coefficient (Wildman–Crippen LogP) is 2.71. The molecule has 0 radical (unpaired) electrons. The van der Waals surface area contributed by atoms with E-state index in [0.717, 1.165) is 12.8 Å². The molecule has 84 valence electrons. The van der Waals surface area contributed by atoms with Crippen molar-refractivity contribution in [1.82, 2.24) is 0 Å². The van der Waals surface area contributed by atoms with E-state index in [1.165, 1.54) is 0 Å². The third-order valence-electron chi connectivity index (χ3n) is 1.60. The van der Waals surface area contributed by atoms with Gasteiger partial charge < -0.3 is 4.74 Å². The molecule has 0 aromatic carbocycles. The van der Waals surface area contributed by atoms with Crippen LogP contribution in [0.2, 0.25) is 0 Å². The molecule has 0 aliphatic rings. The van der Waals surface area contributed by atoms with Crippen LogP contribution in [-0.2, 0) is 9.53 Å². The van der Waals surface area contributed by atoms with Gasteiger partial charge in [-0.25, -0.2) is 0 Å². The van der Waals surface area contributed by atoms with Crippen molar-refractivity contribution < 1.29 is 22.7 Å². The van der Waals surface area contributed by atoms with Gasteiger partial charge in [0.15, 0.2) is 0 Å². The smallest absolute Gasteiger partial charge is 0.372 e. The zero-order valence-electron chi connectivity index (χ0n) is 8.19. The number of carbonyl (C=O) groups is 1. The molecule has 0 aromatic heterocycles. The van der Waals surface area contributed by atoms with Gasteiger partial charge in [0.25, 0.3) is 0 Å². The highest BCUT2D eigenvalue weighted by Crippen LogP contribution is 2.14. The van der Waals surface area contributed by atoms with Crippen molar-refractivity contribution in [2.45, 2.75) is 38.8 Å². The van der Waals surface area contributed by atoms with Crippen LogP contribution in [0.25, 0.3) is 0 Å². The maximum absolute atomic E-state index is 11.6. The van der Waals surface area contributed by atoms with Crippen molar-refractivity contribution in [3.63, 3.8) is 0 Å². The number of halogens is 3. The van der Waals surface area contributed by atoms with Crippen LogP contribution < -0.4 is 0 Å². The van der Waals surface area contributed by atoms with Crippen LogP contribution in [0.4, 0.5) is 13.2 Å². The van der Waals surface area contributed by atoms with E-state index in [2.05, 4.69) is 4.74 Å². The Hall–Kier alpha value is -0.580. The summed E-state index contributed by atoms with van der Waals surface area (Å²) in [5, 5.41) is 0. The average molecular weight is 212 g/mol. The van der Waals surface area contributed by atoms with Gasteiger partial charge in [0, 0.05) is 12.8 Å². The molecule has 0 aliphatic heterocycles. The number of alkyl halides is 3. The molecule has 0 aromatic rings. The molecule has 0 unspecified atom stereocenters. The van der Waals surface area contributed by atoms with Gasteiger partial charge >= 0.3 is 6.18 Å². The predicted molar refractivity (Wildman–Crippen MR) is 46.0 cm³/mol. The number of unbranched alkanes of at least 4 members (excludes halogenated alkanes) is 1. The number of hydrogen-bond donors (Lipinski definition) is 0. The van der Waals surface area contributed by atoms with Gasteiger partial charge in [-0.05, 0) is 6.42 Å². The Labute approximate surface area is 81.4 Å².